The summed E-state index contributed by atoms with van der Waals surface area (Å²) in [6, 6.07) is 2.45. The topological polar surface area (TPSA) is 83.3 Å². The molecule has 0 saturated carbocycles. The smallest absolute Gasteiger partial charge is 0.253 e. The highest BCUT2D eigenvalue weighted by Crippen LogP contribution is 2.27. The summed E-state index contributed by atoms with van der Waals surface area (Å²) in [5, 5.41) is 3.17. The van der Waals surface area contributed by atoms with E-state index in [0.29, 0.717) is 17.3 Å². The monoisotopic (exact) mass is 275 g/mol. The van der Waals surface area contributed by atoms with Crippen molar-refractivity contribution in [2.75, 3.05) is 18.5 Å². The van der Waals surface area contributed by atoms with Gasteiger partial charge >= 0.3 is 0 Å². The molecule has 0 aromatic carbocycles. The molecule has 1 aromatic rings. The number of nitrogens with zero attached hydrogens (tertiary/aromatic N) is 2. The zero-order chi connectivity index (χ0) is 13.9. The number of piperidine rings is 1. The van der Waals surface area contributed by atoms with Gasteiger partial charge in [0.2, 0.25) is 0 Å². The number of fused-ring (bicyclic) bond motifs is 1. The number of rotatable bonds is 3. The average Bonchev–Trinajstić information content (AvgIpc) is 2.90. The first-order chi connectivity index (χ1) is 9.79. The Morgan fingerprint density at radius 2 is 2.25 bits per heavy atom. The minimum absolute atomic E-state index is 0.0715. The van der Waals surface area contributed by atoms with Crippen molar-refractivity contribution in [2.45, 2.75) is 37.8 Å². The number of amides is 1. The summed E-state index contributed by atoms with van der Waals surface area (Å²) >= 11 is 0. The number of aromatic nitrogens is 1. The Kier molecular flexibility index (Phi) is 3.84. The Balaban J connectivity index is 1.70. The summed E-state index contributed by atoms with van der Waals surface area (Å²) in [6.45, 7) is 2.26. The summed E-state index contributed by atoms with van der Waals surface area (Å²) in [4.78, 5) is 18.9. The number of pyridine rings is 1. The van der Waals surface area contributed by atoms with Crippen LogP contribution >= 0.6 is 0 Å². The van der Waals surface area contributed by atoms with Gasteiger partial charge in [-0.3, -0.25) is 20.5 Å². The molecule has 0 radical (unpaired) electrons. The molecule has 6 nitrogen and oxygen atoms in total. The third-order valence-corrected chi connectivity index (χ3v) is 4.39. The summed E-state index contributed by atoms with van der Waals surface area (Å²) < 4.78 is 0. The number of hydrogen-bond donors (Lipinski definition) is 3. The van der Waals surface area contributed by atoms with Crippen LogP contribution in [-0.2, 0) is 0 Å². The van der Waals surface area contributed by atoms with E-state index >= 15 is 0 Å². The number of hydrazine groups is 1. The van der Waals surface area contributed by atoms with Gasteiger partial charge < -0.3 is 10.7 Å². The van der Waals surface area contributed by atoms with Crippen molar-refractivity contribution in [1.82, 2.24) is 15.2 Å². The molecule has 1 amide bonds. The molecule has 1 aromatic heterocycles. The highest BCUT2D eigenvalue weighted by atomic mass is 16.1. The molecule has 2 unspecified atom stereocenters. The van der Waals surface area contributed by atoms with Crippen molar-refractivity contribution < 1.29 is 4.79 Å². The van der Waals surface area contributed by atoms with Crippen LogP contribution in [0.5, 0.6) is 0 Å². The molecular weight excluding hydrogens is 254 g/mol. The summed E-state index contributed by atoms with van der Waals surface area (Å²) in [7, 11) is 0. The molecule has 3 rings (SSSR count). The normalized spacial score (nSPS) is 26.1. The Labute approximate surface area is 118 Å². The van der Waals surface area contributed by atoms with Crippen molar-refractivity contribution in [3.8, 4) is 0 Å². The van der Waals surface area contributed by atoms with E-state index in [2.05, 4.69) is 20.6 Å². The SMILES string of the molecule is NNc1cnccc1C(=O)NC1CCN2CCCCC12. The van der Waals surface area contributed by atoms with Crippen LogP contribution in [0.2, 0.25) is 0 Å². The van der Waals surface area contributed by atoms with E-state index in [1.165, 1.54) is 25.8 Å². The minimum atomic E-state index is -0.0715. The molecule has 0 bridgehead atoms. The highest BCUT2D eigenvalue weighted by molar-refractivity contribution is 5.99. The Morgan fingerprint density at radius 1 is 1.35 bits per heavy atom. The van der Waals surface area contributed by atoms with Gasteiger partial charge in [-0.15, -0.1) is 0 Å². The van der Waals surface area contributed by atoms with Crippen LogP contribution in [0.25, 0.3) is 0 Å². The van der Waals surface area contributed by atoms with Crippen LogP contribution in [0, 0.1) is 0 Å². The number of nitrogens with two attached hydrogens (primary N) is 1. The van der Waals surface area contributed by atoms with Crippen molar-refractivity contribution in [3.63, 3.8) is 0 Å². The zero-order valence-corrected chi connectivity index (χ0v) is 11.5. The van der Waals surface area contributed by atoms with Gasteiger partial charge in [-0.25, -0.2) is 0 Å². The molecule has 0 spiro atoms. The Morgan fingerprint density at radius 3 is 3.10 bits per heavy atom. The van der Waals surface area contributed by atoms with Crippen LogP contribution in [0.15, 0.2) is 18.5 Å². The van der Waals surface area contributed by atoms with Gasteiger partial charge in [-0.2, -0.15) is 0 Å². The lowest BCUT2D eigenvalue weighted by atomic mass is 9.99. The minimum Gasteiger partial charge on any atom is -0.348 e. The summed E-state index contributed by atoms with van der Waals surface area (Å²) in [6.07, 6.45) is 7.94. The molecular formula is C14H21N5O. The molecule has 6 heteroatoms. The van der Waals surface area contributed by atoms with E-state index in [9.17, 15) is 4.79 Å². The largest absolute Gasteiger partial charge is 0.348 e. The molecule has 3 heterocycles. The lowest BCUT2D eigenvalue weighted by Gasteiger charge is -2.32. The first kappa shape index (κ1) is 13.3. The second-order valence-electron chi connectivity index (χ2n) is 5.53. The number of carbonyl (C=O) groups excluding carboxylic acids is 1. The molecule has 2 aliphatic heterocycles. The standard InChI is InChI=1S/C14H21N5O/c15-18-12-9-16-6-4-10(12)14(20)17-11-5-8-19-7-2-1-3-13(11)19/h4,6,9,11,13,18H,1-3,5,7-8,15H2,(H,17,20). The predicted octanol–water partition coefficient (Wildman–Crippen LogP) is 0.724. The van der Waals surface area contributed by atoms with E-state index in [-0.39, 0.29) is 11.9 Å². The molecule has 4 N–H and O–H groups in total. The maximum Gasteiger partial charge on any atom is 0.253 e. The maximum absolute atomic E-state index is 12.4. The van der Waals surface area contributed by atoms with Gasteiger partial charge in [0, 0.05) is 24.8 Å². The lowest BCUT2D eigenvalue weighted by Crippen LogP contribution is -2.46. The van der Waals surface area contributed by atoms with Gasteiger partial charge in [-0.1, -0.05) is 6.42 Å². The van der Waals surface area contributed by atoms with E-state index in [0.717, 1.165) is 13.0 Å². The molecule has 20 heavy (non-hydrogen) atoms. The highest BCUT2D eigenvalue weighted by Gasteiger charge is 2.36. The third-order valence-electron chi connectivity index (χ3n) is 4.39. The van der Waals surface area contributed by atoms with Crippen molar-refractivity contribution in [3.05, 3.63) is 24.0 Å². The second kappa shape index (κ2) is 5.76. The van der Waals surface area contributed by atoms with Gasteiger partial charge in [0.15, 0.2) is 0 Å². The Hall–Kier alpha value is -1.66. The molecule has 2 fully saturated rings. The quantitative estimate of drug-likeness (QED) is 0.559. The number of carbonyl (C=O) groups is 1. The molecule has 108 valence electrons. The average molecular weight is 275 g/mol. The summed E-state index contributed by atoms with van der Waals surface area (Å²) in [5.74, 6) is 5.35. The van der Waals surface area contributed by atoms with E-state index in [1.807, 2.05) is 0 Å². The van der Waals surface area contributed by atoms with Gasteiger partial charge in [0.1, 0.15) is 0 Å². The molecule has 2 atom stereocenters. The van der Waals surface area contributed by atoms with Crippen LogP contribution < -0.4 is 16.6 Å². The maximum atomic E-state index is 12.4. The number of nitrogens with one attached hydrogen (secondary N) is 2. The fourth-order valence-corrected chi connectivity index (χ4v) is 3.37. The van der Waals surface area contributed by atoms with Crippen molar-refractivity contribution >= 4 is 11.6 Å². The second-order valence-corrected chi connectivity index (χ2v) is 5.53. The molecule has 0 aliphatic carbocycles. The van der Waals surface area contributed by atoms with Crippen molar-refractivity contribution in [1.29, 1.82) is 0 Å². The molecule has 2 aliphatic rings. The number of anilines is 1. The fraction of sp³-hybridized carbons (Fsp3) is 0.571. The van der Waals surface area contributed by atoms with Crippen LogP contribution in [0.4, 0.5) is 5.69 Å². The van der Waals surface area contributed by atoms with Gasteiger partial charge in [-0.05, 0) is 31.9 Å². The molecule has 2 saturated heterocycles. The first-order valence-corrected chi connectivity index (χ1v) is 7.25. The fourth-order valence-electron chi connectivity index (χ4n) is 3.37. The number of nitrogen functional groups attached to an aromatic ring is 1. The van der Waals surface area contributed by atoms with E-state index in [4.69, 9.17) is 5.84 Å². The van der Waals surface area contributed by atoms with Crippen LogP contribution in [0.3, 0.4) is 0 Å². The first-order valence-electron chi connectivity index (χ1n) is 7.25. The van der Waals surface area contributed by atoms with Crippen LogP contribution in [0.1, 0.15) is 36.0 Å². The summed E-state index contributed by atoms with van der Waals surface area (Å²) in [5.41, 5.74) is 3.64. The predicted molar refractivity (Wildman–Crippen MR) is 77.1 cm³/mol. The van der Waals surface area contributed by atoms with E-state index < -0.39 is 0 Å². The number of hydrogen-bond acceptors (Lipinski definition) is 5. The van der Waals surface area contributed by atoms with Gasteiger partial charge in [0.25, 0.3) is 5.91 Å². The third kappa shape index (κ3) is 2.48. The van der Waals surface area contributed by atoms with E-state index in [1.54, 1.807) is 18.5 Å². The lowest BCUT2D eigenvalue weighted by molar-refractivity contribution is 0.0916. The Bertz CT molecular complexity index is 492. The zero-order valence-electron chi connectivity index (χ0n) is 11.5. The van der Waals surface area contributed by atoms with Gasteiger partial charge in [0.05, 0.1) is 17.4 Å². The van der Waals surface area contributed by atoms with Crippen molar-refractivity contribution in [2.24, 2.45) is 5.84 Å². The van der Waals surface area contributed by atoms with Crippen LogP contribution in [-0.4, -0.2) is 41.0 Å².